The lowest BCUT2D eigenvalue weighted by molar-refractivity contribution is -0.140. The summed E-state index contributed by atoms with van der Waals surface area (Å²) in [6.07, 6.45) is -4.48. The Hall–Kier alpha value is -1.68. The lowest BCUT2D eigenvalue weighted by atomic mass is 10.3. The number of aromatic nitrogens is 1. The second-order valence-electron chi connectivity index (χ2n) is 4.28. The summed E-state index contributed by atoms with van der Waals surface area (Å²) in [6, 6.07) is -1.34. The smallest absolute Gasteiger partial charge is 0.341 e. The Morgan fingerprint density at radius 3 is 2.57 bits per heavy atom. The summed E-state index contributed by atoms with van der Waals surface area (Å²) < 4.78 is 37.3. The van der Waals surface area contributed by atoms with Crippen molar-refractivity contribution in [3.63, 3.8) is 0 Å². The molecule has 1 atom stereocenters. The first kappa shape index (κ1) is 17.4. The van der Waals surface area contributed by atoms with E-state index in [4.69, 9.17) is 0 Å². The summed E-state index contributed by atoms with van der Waals surface area (Å²) >= 11 is 0.869. The van der Waals surface area contributed by atoms with Crippen LogP contribution in [0.1, 0.15) is 17.6 Å². The molecule has 6 nitrogen and oxygen atoms in total. The molecule has 0 radical (unpaired) electrons. The molecule has 1 aromatic rings. The van der Waals surface area contributed by atoms with Crippen molar-refractivity contribution in [2.75, 3.05) is 14.1 Å². The van der Waals surface area contributed by atoms with Gasteiger partial charge in [-0.15, -0.1) is 11.3 Å². The van der Waals surface area contributed by atoms with Crippen LogP contribution in [0, 0.1) is 0 Å². The van der Waals surface area contributed by atoms with Crippen molar-refractivity contribution in [1.82, 2.24) is 20.5 Å². The molecule has 1 heterocycles. The monoisotopic (exact) mass is 324 g/mol. The molecule has 1 rings (SSSR count). The quantitative estimate of drug-likeness (QED) is 0.879. The Bertz CT molecular complexity index is 518. The highest BCUT2D eigenvalue weighted by atomic mass is 32.1. The van der Waals surface area contributed by atoms with Crippen LogP contribution in [-0.2, 0) is 17.5 Å². The fourth-order valence-electron chi connectivity index (χ4n) is 1.34. The highest BCUT2D eigenvalue weighted by molar-refractivity contribution is 7.09. The number of hydrogen-bond donors (Lipinski definition) is 2. The third-order valence-electron chi connectivity index (χ3n) is 2.73. The molecule has 0 bridgehead atoms. The van der Waals surface area contributed by atoms with E-state index in [1.54, 1.807) is 7.05 Å². The van der Waals surface area contributed by atoms with Gasteiger partial charge in [0.15, 0.2) is 5.69 Å². The molecular formula is C11H15F3N4O2S. The number of nitrogens with one attached hydrogen (secondary N) is 2. The Kier molecular flexibility index (Phi) is 5.67. The maximum Gasteiger partial charge on any atom is 0.434 e. The van der Waals surface area contributed by atoms with E-state index in [9.17, 15) is 22.8 Å². The maximum absolute atomic E-state index is 12.4. The number of thiazole rings is 1. The van der Waals surface area contributed by atoms with Gasteiger partial charge < -0.3 is 5.32 Å². The number of carbonyl (C=O) groups excluding carboxylic acids is 2. The number of carbonyl (C=O) groups is 2. The van der Waals surface area contributed by atoms with Crippen LogP contribution in [0.3, 0.4) is 0 Å². The van der Waals surface area contributed by atoms with E-state index in [-0.39, 0.29) is 11.6 Å². The van der Waals surface area contributed by atoms with Crippen molar-refractivity contribution < 1.29 is 22.8 Å². The number of halogens is 3. The Morgan fingerprint density at radius 1 is 1.48 bits per heavy atom. The number of amides is 3. The molecule has 0 aliphatic carbocycles. The first-order valence-corrected chi connectivity index (χ1v) is 6.77. The van der Waals surface area contributed by atoms with Crippen LogP contribution in [0.4, 0.5) is 18.0 Å². The molecule has 118 valence electrons. The van der Waals surface area contributed by atoms with Gasteiger partial charge in [0.2, 0.25) is 5.91 Å². The molecule has 1 aromatic heterocycles. The number of nitrogens with zero attached hydrogens (tertiary/aromatic N) is 2. The molecule has 0 saturated carbocycles. The Morgan fingerprint density at radius 2 is 2.10 bits per heavy atom. The van der Waals surface area contributed by atoms with Crippen molar-refractivity contribution >= 4 is 23.3 Å². The highest BCUT2D eigenvalue weighted by Gasteiger charge is 2.34. The van der Waals surface area contributed by atoms with Crippen LogP contribution >= 0.6 is 11.3 Å². The molecule has 0 aliphatic heterocycles. The van der Waals surface area contributed by atoms with E-state index in [1.165, 1.54) is 18.9 Å². The molecule has 0 spiro atoms. The number of alkyl halides is 3. The van der Waals surface area contributed by atoms with E-state index >= 15 is 0 Å². The second-order valence-corrected chi connectivity index (χ2v) is 5.23. The lowest BCUT2D eigenvalue weighted by Crippen LogP contribution is -2.47. The zero-order chi connectivity index (χ0) is 16.2. The zero-order valence-corrected chi connectivity index (χ0v) is 12.4. The average molecular weight is 324 g/mol. The number of urea groups is 1. The van der Waals surface area contributed by atoms with Gasteiger partial charge in [-0.1, -0.05) is 0 Å². The Balaban J connectivity index is 2.64. The van der Waals surface area contributed by atoms with Gasteiger partial charge in [-0.25, -0.2) is 9.78 Å². The maximum atomic E-state index is 12.4. The molecule has 10 heteroatoms. The van der Waals surface area contributed by atoms with Gasteiger partial charge in [-0.2, -0.15) is 13.2 Å². The first-order valence-electron chi connectivity index (χ1n) is 5.89. The standard InChI is InChI=1S/C11H15F3N4O2S/c1-6(9(19)17-10(20)15-2)18(3)4-8-16-7(5-21-8)11(12,13)14/h5-6H,4H2,1-3H3,(H2,15,17,19,20). The molecule has 0 aromatic carbocycles. The molecule has 0 aliphatic rings. The summed E-state index contributed by atoms with van der Waals surface area (Å²) in [5, 5.41) is 5.50. The molecule has 3 amide bonds. The average Bonchev–Trinajstić information content (AvgIpc) is 2.85. The third kappa shape index (κ3) is 4.97. The zero-order valence-electron chi connectivity index (χ0n) is 11.6. The van der Waals surface area contributed by atoms with E-state index in [0.29, 0.717) is 0 Å². The predicted octanol–water partition coefficient (Wildman–Crippen LogP) is 1.44. The SMILES string of the molecule is CNC(=O)NC(=O)C(C)N(C)Cc1nc(C(F)(F)F)cs1. The summed E-state index contributed by atoms with van der Waals surface area (Å²) in [7, 11) is 2.92. The van der Waals surface area contributed by atoms with Crippen LogP contribution in [0.25, 0.3) is 0 Å². The molecule has 21 heavy (non-hydrogen) atoms. The summed E-state index contributed by atoms with van der Waals surface area (Å²) in [6.45, 7) is 1.61. The van der Waals surface area contributed by atoms with Crippen LogP contribution < -0.4 is 10.6 Å². The topological polar surface area (TPSA) is 74.3 Å². The largest absolute Gasteiger partial charge is 0.434 e. The number of imide groups is 1. The predicted molar refractivity (Wildman–Crippen MR) is 70.6 cm³/mol. The molecule has 1 unspecified atom stereocenters. The van der Waals surface area contributed by atoms with Crippen LogP contribution in [0.15, 0.2) is 5.38 Å². The number of hydrogen-bond acceptors (Lipinski definition) is 5. The summed E-state index contributed by atoms with van der Waals surface area (Å²) in [5.74, 6) is -0.551. The van der Waals surface area contributed by atoms with Crippen molar-refractivity contribution in [3.05, 3.63) is 16.1 Å². The van der Waals surface area contributed by atoms with Crippen molar-refractivity contribution in [2.24, 2.45) is 0 Å². The molecule has 2 N–H and O–H groups in total. The van der Waals surface area contributed by atoms with Gasteiger partial charge in [0.05, 0.1) is 12.6 Å². The number of likely N-dealkylation sites (N-methyl/N-ethyl adjacent to an activating group) is 1. The summed E-state index contributed by atoms with van der Waals surface area (Å²) in [5.41, 5.74) is -0.946. The molecular weight excluding hydrogens is 309 g/mol. The minimum Gasteiger partial charge on any atom is -0.341 e. The third-order valence-corrected chi connectivity index (χ3v) is 3.56. The van der Waals surface area contributed by atoms with Gasteiger partial charge in [-0.05, 0) is 14.0 Å². The molecule has 0 saturated heterocycles. The van der Waals surface area contributed by atoms with Gasteiger partial charge >= 0.3 is 12.2 Å². The van der Waals surface area contributed by atoms with E-state index < -0.39 is 29.9 Å². The van der Waals surface area contributed by atoms with Gasteiger partial charge in [0.25, 0.3) is 0 Å². The van der Waals surface area contributed by atoms with Gasteiger partial charge in [0.1, 0.15) is 5.01 Å². The minimum atomic E-state index is -4.48. The van der Waals surface area contributed by atoms with Crippen LogP contribution in [0.5, 0.6) is 0 Å². The number of rotatable bonds is 4. The fraction of sp³-hybridized carbons (Fsp3) is 0.545. The van der Waals surface area contributed by atoms with Crippen molar-refractivity contribution in [1.29, 1.82) is 0 Å². The fourth-order valence-corrected chi connectivity index (χ4v) is 2.21. The highest BCUT2D eigenvalue weighted by Crippen LogP contribution is 2.30. The van der Waals surface area contributed by atoms with E-state index in [2.05, 4.69) is 15.6 Å². The Labute approximate surface area is 123 Å². The van der Waals surface area contributed by atoms with Crippen molar-refractivity contribution in [3.8, 4) is 0 Å². The first-order chi connectivity index (χ1) is 9.65. The van der Waals surface area contributed by atoms with Crippen molar-refractivity contribution in [2.45, 2.75) is 25.7 Å². The molecule has 0 fully saturated rings. The van der Waals surface area contributed by atoms with Gasteiger partial charge in [0, 0.05) is 12.4 Å². The van der Waals surface area contributed by atoms with E-state index in [1.807, 2.05) is 0 Å². The second kappa shape index (κ2) is 6.85. The van der Waals surface area contributed by atoms with E-state index in [0.717, 1.165) is 16.7 Å². The minimum absolute atomic E-state index is 0.0725. The van der Waals surface area contributed by atoms with Crippen LogP contribution in [-0.4, -0.2) is 42.0 Å². The van der Waals surface area contributed by atoms with Gasteiger partial charge in [-0.3, -0.25) is 15.0 Å². The summed E-state index contributed by atoms with van der Waals surface area (Å²) in [4.78, 5) is 27.7. The van der Waals surface area contributed by atoms with Crippen LogP contribution in [0.2, 0.25) is 0 Å². The normalized spacial score (nSPS) is 13.1. The lowest BCUT2D eigenvalue weighted by Gasteiger charge is -2.22.